The van der Waals surface area contributed by atoms with E-state index in [0.29, 0.717) is 0 Å². The van der Waals surface area contributed by atoms with Gasteiger partial charge in [0.05, 0.1) is 6.10 Å². The third-order valence-corrected chi connectivity index (χ3v) is 5.23. The number of carbonyl (C=O) groups excluding carboxylic acids is 1. The summed E-state index contributed by atoms with van der Waals surface area (Å²) in [5.41, 5.74) is 0. The van der Waals surface area contributed by atoms with Crippen molar-refractivity contribution in [1.82, 2.24) is 0 Å². The normalized spacial score (nSPS) is 13.1. The Balaban J connectivity index is 3.31. The van der Waals surface area contributed by atoms with Gasteiger partial charge in [0.1, 0.15) is 7.38 Å². The number of hydrogen-bond acceptors (Lipinski definition) is 2. The first-order chi connectivity index (χ1) is 8.85. The van der Waals surface area contributed by atoms with Gasteiger partial charge in [-0.3, -0.25) is 0 Å². The molecular formula is C15H29ClO2Si. The predicted molar refractivity (Wildman–Crippen MR) is 86.2 cm³/mol. The van der Waals surface area contributed by atoms with Gasteiger partial charge < -0.3 is 4.74 Å². The van der Waals surface area contributed by atoms with Crippen LogP contribution in [0.4, 0.5) is 0 Å². The Morgan fingerprint density at radius 1 is 1.21 bits per heavy atom. The summed E-state index contributed by atoms with van der Waals surface area (Å²) >= 11 is 6.27. The highest BCUT2D eigenvalue weighted by Gasteiger charge is 2.15. The first-order valence-electron chi connectivity index (χ1n) is 7.37. The Kier molecular flexibility index (Phi) is 10.3. The number of esters is 1. The molecule has 1 unspecified atom stereocenters. The predicted octanol–water partition coefficient (Wildman–Crippen LogP) is 5.28. The van der Waals surface area contributed by atoms with E-state index in [9.17, 15) is 4.79 Å². The van der Waals surface area contributed by atoms with Crippen LogP contribution in [0.2, 0.25) is 19.1 Å². The van der Waals surface area contributed by atoms with Crippen LogP contribution in [0.3, 0.4) is 0 Å². The van der Waals surface area contributed by atoms with Crippen LogP contribution in [0, 0.1) is 0 Å². The van der Waals surface area contributed by atoms with E-state index in [1.807, 2.05) is 6.92 Å². The van der Waals surface area contributed by atoms with Crippen LogP contribution < -0.4 is 0 Å². The van der Waals surface area contributed by atoms with Crippen molar-refractivity contribution in [3.63, 3.8) is 0 Å². The lowest BCUT2D eigenvalue weighted by atomic mass is 10.1. The van der Waals surface area contributed by atoms with E-state index in [4.69, 9.17) is 15.8 Å². The zero-order valence-corrected chi connectivity index (χ0v) is 14.5. The smallest absolute Gasteiger partial charge is 0.330 e. The lowest BCUT2D eigenvalue weighted by Gasteiger charge is -2.12. The van der Waals surface area contributed by atoms with Crippen molar-refractivity contribution in [3.05, 3.63) is 12.7 Å². The third-order valence-electron chi connectivity index (χ3n) is 3.12. The van der Waals surface area contributed by atoms with Crippen molar-refractivity contribution in [2.75, 3.05) is 0 Å². The van der Waals surface area contributed by atoms with E-state index in [2.05, 4.69) is 19.7 Å². The van der Waals surface area contributed by atoms with Gasteiger partial charge in [0.2, 0.25) is 0 Å². The second kappa shape index (κ2) is 10.5. The lowest BCUT2D eigenvalue weighted by Crippen LogP contribution is -2.14. The van der Waals surface area contributed by atoms with E-state index >= 15 is 0 Å². The summed E-state index contributed by atoms with van der Waals surface area (Å²) in [5.74, 6) is -0.319. The molecule has 19 heavy (non-hydrogen) atoms. The molecule has 0 spiro atoms. The van der Waals surface area contributed by atoms with E-state index in [0.717, 1.165) is 12.8 Å². The molecule has 0 amide bonds. The Labute approximate surface area is 124 Å². The highest BCUT2D eigenvalue weighted by atomic mass is 35.6. The van der Waals surface area contributed by atoms with Gasteiger partial charge in [0.15, 0.2) is 0 Å². The minimum absolute atomic E-state index is 0.00791. The van der Waals surface area contributed by atoms with E-state index < -0.39 is 7.38 Å². The summed E-state index contributed by atoms with van der Waals surface area (Å²) < 4.78 is 5.12. The zero-order valence-electron chi connectivity index (χ0n) is 12.7. The van der Waals surface area contributed by atoms with Gasteiger partial charge >= 0.3 is 5.97 Å². The maximum Gasteiger partial charge on any atom is 0.330 e. The van der Waals surface area contributed by atoms with E-state index in [-0.39, 0.29) is 12.1 Å². The van der Waals surface area contributed by atoms with Gasteiger partial charge in [-0.15, -0.1) is 0 Å². The standard InChI is InChI=1S/C15H29ClO2Si/c1-5-15(17)18-14(2)12-10-8-6-7-9-11-13-19(3,4)16/h5,14H,1,6-13H2,2-4H3. The van der Waals surface area contributed by atoms with Gasteiger partial charge in [-0.2, -0.15) is 11.1 Å². The van der Waals surface area contributed by atoms with Crippen LogP contribution in [-0.4, -0.2) is 19.5 Å². The Bertz CT molecular complexity index is 261. The largest absolute Gasteiger partial charge is 0.460 e. The molecule has 0 bridgehead atoms. The van der Waals surface area contributed by atoms with Crippen LogP contribution in [0.1, 0.15) is 51.9 Å². The molecule has 0 rings (SSSR count). The minimum Gasteiger partial charge on any atom is -0.460 e. The molecule has 0 aromatic carbocycles. The molecule has 0 aliphatic rings. The molecule has 0 aliphatic carbocycles. The van der Waals surface area contributed by atoms with Gasteiger partial charge in [0, 0.05) is 6.08 Å². The molecule has 0 aromatic heterocycles. The van der Waals surface area contributed by atoms with Gasteiger partial charge in [-0.1, -0.05) is 51.8 Å². The van der Waals surface area contributed by atoms with Gasteiger partial charge in [0.25, 0.3) is 0 Å². The van der Waals surface area contributed by atoms with Crippen LogP contribution in [-0.2, 0) is 9.53 Å². The molecule has 0 radical (unpaired) electrons. The second-order valence-electron chi connectivity index (χ2n) is 5.83. The first-order valence-corrected chi connectivity index (χ1v) is 11.6. The van der Waals surface area contributed by atoms with Crippen LogP contribution in [0.5, 0.6) is 0 Å². The number of ether oxygens (including phenoxy) is 1. The molecular weight excluding hydrogens is 276 g/mol. The third kappa shape index (κ3) is 13.9. The molecule has 0 saturated carbocycles. The van der Waals surface area contributed by atoms with Crippen LogP contribution in [0.15, 0.2) is 12.7 Å². The average Bonchev–Trinajstić information content (AvgIpc) is 2.31. The number of carbonyl (C=O) groups is 1. The van der Waals surface area contributed by atoms with E-state index in [1.165, 1.54) is 44.2 Å². The molecule has 0 N–H and O–H groups in total. The second-order valence-corrected chi connectivity index (χ2v) is 12.8. The monoisotopic (exact) mass is 304 g/mol. The fourth-order valence-electron chi connectivity index (χ4n) is 1.99. The molecule has 0 fully saturated rings. The number of unbranched alkanes of at least 4 members (excludes halogenated alkanes) is 5. The maximum atomic E-state index is 11.0. The summed E-state index contributed by atoms with van der Waals surface area (Å²) in [6, 6.07) is 1.23. The van der Waals surface area contributed by atoms with Crippen molar-refractivity contribution in [3.8, 4) is 0 Å². The topological polar surface area (TPSA) is 26.3 Å². The molecule has 0 aromatic rings. The molecule has 112 valence electrons. The number of halogens is 1. The highest BCUT2D eigenvalue weighted by Crippen LogP contribution is 2.19. The van der Waals surface area contributed by atoms with Crippen molar-refractivity contribution in [2.45, 2.75) is 77.1 Å². The number of rotatable bonds is 11. The summed E-state index contributed by atoms with van der Waals surface area (Å²) in [6.07, 6.45) is 9.65. The molecule has 1 atom stereocenters. The molecule has 2 nitrogen and oxygen atoms in total. The maximum absolute atomic E-state index is 11.0. The van der Waals surface area contributed by atoms with Crippen LogP contribution in [0.25, 0.3) is 0 Å². The Hall–Kier alpha value is -0.283. The summed E-state index contributed by atoms with van der Waals surface area (Å²) in [4.78, 5) is 11.0. The van der Waals surface area contributed by atoms with Gasteiger partial charge in [-0.05, 0) is 25.8 Å². The molecule has 0 heterocycles. The fourth-order valence-corrected chi connectivity index (χ4v) is 3.48. The van der Waals surface area contributed by atoms with Crippen LogP contribution >= 0.6 is 11.1 Å². The van der Waals surface area contributed by atoms with Crippen molar-refractivity contribution < 1.29 is 9.53 Å². The minimum atomic E-state index is -1.35. The van der Waals surface area contributed by atoms with Crippen molar-refractivity contribution in [2.24, 2.45) is 0 Å². The summed E-state index contributed by atoms with van der Waals surface area (Å²) in [6.45, 7) is 9.74. The van der Waals surface area contributed by atoms with Gasteiger partial charge in [-0.25, -0.2) is 4.79 Å². The SMILES string of the molecule is C=CC(=O)OC(C)CCCCCCCC[Si](C)(C)Cl. The molecule has 4 heteroatoms. The average molecular weight is 305 g/mol. The van der Waals surface area contributed by atoms with E-state index in [1.54, 1.807) is 0 Å². The number of hydrogen-bond donors (Lipinski definition) is 0. The quantitative estimate of drug-likeness (QED) is 0.171. The zero-order chi connectivity index (χ0) is 14.7. The molecule has 0 saturated heterocycles. The summed E-state index contributed by atoms with van der Waals surface area (Å²) in [5, 5.41) is 0. The Morgan fingerprint density at radius 3 is 2.26 bits per heavy atom. The first kappa shape index (κ1) is 18.7. The fraction of sp³-hybridized carbons (Fsp3) is 0.800. The highest BCUT2D eigenvalue weighted by molar-refractivity contribution is 7.19. The Morgan fingerprint density at radius 2 is 1.74 bits per heavy atom. The lowest BCUT2D eigenvalue weighted by molar-refractivity contribution is -0.142. The summed E-state index contributed by atoms with van der Waals surface area (Å²) in [7, 11) is -1.35. The van der Waals surface area contributed by atoms with Crippen molar-refractivity contribution >= 4 is 24.4 Å². The van der Waals surface area contributed by atoms with Crippen molar-refractivity contribution in [1.29, 1.82) is 0 Å². The molecule has 0 aliphatic heterocycles.